The lowest BCUT2D eigenvalue weighted by Gasteiger charge is -2.25. The van der Waals surface area contributed by atoms with Crippen molar-refractivity contribution in [2.75, 3.05) is 13.6 Å². The van der Waals surface area contributed by atoms with E-state index in [-0.39, 0.29) is 5.54 Å². The summed E-state index contributed by atoms with van der Waals surface area (Å²) in [7, 11) is 1.96. The van der Waals surface area contributed by atoms with Crippen LogP contribution in [0.5, 0.6) is 0 Å². The third kappa shape index (κ3) is 3.96. The highest BCUT2D eigenvalue weighted by atomic mass is 35.5. The topological polar surface area (TPSA) is 24.1 Å². The Balaban J connectivity index is 2.40. The van der Waals surface area contributed by atoms with Crippen LogP contribution in [0.1, 0.15) is 18.7 Å². The van der Waals surface area contributed by atoms with Gasteiger partial charge in [0.25, 0.3) is 0 Å². The molecule has 0 bridgehead atoms. The van der Waals surface area contributed by atoms with E-state index in [1.807, 2.05) is 13.1 Å². The van der Waals surface area contributed by atoms with Gasteiger partial charge in [-0.2, -0.15) is 0 Å². The Morgan fingerprint density at radius 3 is 2.64 bits per heavy atom. The number of likely N-dealkylation sites (N-methyl/N-ethyl adjacent to an activating group) is 1. The maximum Gasteiger partial charge on any atom is 0.0931 e. The molecular weight excluding hydrogens is 216 g/mol. The standard InChI is InChI=1S/C10H17ClN2S/c1-10(2,7-12-3)13-6-8-4-5-9(11)14-8/h4-5,12-13H,6-7H2,1-3H3. The monoisotopic (exact) mass is 232 g/mol. The third-order valence-corrected chi connectivity index (χ3v) is 3.22. The fourth-order valence-corrected chi connectivity index (χ4v) is 2.30. The molecule has 4 heteroatoms. The Hall–Kier alpha value is -0.0900. The number of rotatable bonds is 5. The molecule has 0 aromatic carbocycles. The molecule has 1 aromatic heterocycles. The Morgan fingerprint density at radius 2 is 2.14 bits per heavy atom. The summed E-state index contributed by atoms with van der Waals surface area (Å²) in [4.78, 5) is 1.28. The van der Waals surface area contributed by atoms with Crippen molar-refractivity contribution in [2.24, 2.45) is 0 Å². The van der Waals surface area contributed by atoms with Gasteiger partial charge in [0.05, 0.1) is 4.34 Å². The smallest absolute Gasteiger partial charge is 0.0931 e. The second-order valence-corrected chi connectivity index (χ2v) is 5.77. The first kappa shape index (κ1) is 12.0. The molecule has 0 atom stereocenters. The van der Waals surface area contributed by atoms with E-state index in [1.165, 1.54) is 4.88 Å². The molecule has 2 N–H and O–H groups in total. The highest BCUT2D eigenvalue weighted by molar-refractivity contribution is 7.16. The van der Waals surface area contributed by atoms with Crippen LogP contribution in [-0.2, 0) is 6.54 Å². The minimum absolute atomic E-state index is 0.116. The van der Waals surface area contributed by atoms with Crippen molar-refractivity contribution in [3.05, 3.63) is 21.3 Å². The lowest BCUT2D eigenvalue weighted by Crippen LogP contribution is -2.46. The Bertz CT molecular complexity index is 283. The largest absolute Gasteiger partial charge is 0.318 e. The van der Waals surface area contributed by atoms with Crippen molar-refractivity contribution in [3.8, 4) is 0 Å². The van der Waals surface area contributed by atoms with Gasteiger partial charge in [-0.3, -0.25) is 0 Å². The van der Waals surface area contributed by atoms with Crippen LogP contribution in [0.25, 0.3) is 0 Å². The quantitative estimate of drug-likeness (QED) is 0.815. The zero-order chi connectivity index (χ0) is 10.6. The van der Waals surface area contributed by atoms with Crippen molar-refractivity contribution in [1.29, 1.82) is 0 Å². The minimum Gasteiger partial charge on any atom is -0.318 e. The first-order valence-corrected chi connectivity index (χ1v) is 5.87. The lowest BCUT2D eigenvalue weighted by molar-refractivity contribution is 0.375. The molecule has 0 fully saturated rings. The molecule has 1 heterocycles. The molecule has 0 saturated carbocycles. The first-order valence-electron chi connectivity index (χ1n) is 4.67. The zero-order valence-electron chi connectivity index (χ0n) is 8.86. The summed E-state index contributed by atoms with van der Waals surface area (Å²) >= 11 is 7.48. The van der Waals surface area contributed by atoms with Crippen molar-refractivity contribution < 1.29 is 0 Å². The van der Waals surface area contributed by atoms with Gasteiger partial charge in [0.15, 0.2) is 0 Å². The summed E-state index contributed by atoms with van der Waals surface area (Å²) in [6.07, 6.45) is 0. The second kappa shape index (κ2) is 5.12. The van der Waals surface area contributed by atoms with Gasteiger partial charge in [0.1, 0.15) is 0 Å². The maximum absolute atomic E-state index is 5.85. The number of thiophene rings is 1. The molecule has 0 aliphatic heterocycles. The van der Waals surface area contributed by atoms with Crippen molar-refractivity contribution >= 4 is 22.9 Å². The summed E-state index contributed by atoms with van der Waals surface area (Å²) in [5, 5.41) is 6.64. The highest BCUT2D eigenvalue weighted by Gasteiger charge is 2.15. The van der Waals surface area contributed by atoms with Crippen molar-refractivity contribution in [1.82, 2.24) is 10.6 Å². The van der Waals surface area contributed by atoms with E-state index in [2.05, 4.69) is 30.5 Å². The number of hydrogen-bond donors (Lipinski definition) is 2. The summed E-state index contributed by atoms with van der Waals surface area (Å²) in [6.45, 7) is 6.19. The maximum atomic E-state index is 5.85. The number of halogens is 1. The molecule has 0 saturated heterocycles. The summed E-state index contributed by atoms with van der Waals surface area (Å²) < 4.78 is 0.855. The average molecular weight is 233 g/mol. The van der Waals surface area contributed by atoms with Gasteiger partial charge in [-0.15, -0.1) is 11.3 Å². The fraction of sp³-hybridized carbons (Fsp3) is 0.600. The molecule has 14 heavy (non-hydrogen) atoms. The van der Waals surface area contributed by atoms with Gasteiger partial charge in [-0.1, -0.05) is 11.6 Å². The van der Waals surface area contributed by atoms with Gasteiger partial charge < -0.3 is 10.6 Å². The van der Waals surface area contributed by atoms with Crippen LogP contribution in [-0.4, -0.2) is 19.1 Å². The van der Waals surface area contributed by atoms with E-state index in [0.717, 1.165) is 17.4 Å². The molecule has 0 aliphatic rings. The highest BCUT2D eigenvalue weighted by Crippen LogP contribution is 2.21. The molecule has 0 spiro atoms. The zero-order valence-corrected chi connectivity index (χ0v) is 10.4. The van der Waals surface area contributed by atoms with E-state index in [4.69, 9.17) is 11.6 Å². The predicted octanol–water partition coefficient (Wildman–Crippen LogP) is 2.49. The molecule has 2 nitrogen and oxygen atoms in total. The van der Waals surface area contributed by atoms with Gasteiger partial charge in [0.2, 0.25) is 0 Å². The second-order valence-electron chi connectivity index (χ2n) is 3.97. The van der Waals surface area contributed by atoms with Gasteiger partial charge in [0, 0.05) is 23.5 Å². The Morgan fingerprint density at radius 1 is 1.43 bits per heavy atom. The van der Waals surface area contributed by atoms with Crippen LogP contribution in [0, 0.1) is 0 Å². The Labute approximate surface area is 94.7 Å². The first-order chi connectivity index (χ1) is 6.53. The predicted molar refractivity (Wildman–Crippen MR) is 64.2 cm³/mol. The van der Waals surface area contributed by atoms with Crippen LogP contribution >= 0.6 is 22.9 Å². The summed E-state index contributed by atoms with van der Waals surface area (Å²) in [5.74, 6) is 0. The Kier molecular flexibility index (Phi) is 4.38. The number of nitrogens with one attached hydrogen (secondary N) is 2. The average Bonchev–Trinajstić information content (AvgIpc) is 2.48. The fourth-order valence-electron chi connectivity index (χ4n) is 1.28. The van der Waals surface area contributed by atoms with Gasteiger partial charge in [-0.25, -0.2) is 0 Å². The summed E-state index contributed by atoms with van der Waals surface area (Å²) in [5.41, 5.74) is 0.116. The minimum atomic E-state index is 0.116. The molecule has 1 rings (SSSR count). The molecule has 0 radical (unpaired) electrons. The SMILES string of the molecule is CNCC(C)(C)NCc1ccc(Cl)s1. The van der Waals surface area contributed by atoms with E-state index >= 15 is 0 Å². The lowest BCUT2D eigenvalue weighted by atomic mass is 10.1. The van der Waals surface area contributed by atoms with E-state index in [9.17, 15) is 0 Å². The van der Waals surface area contributed by atoms with Crippen LogP contribution in [0.15, 0.2) is 12.1 Å². The van der Waals surface area contributed by atoms with Gasteiger partial charge >= 0.3 is 0 Å². The van der Waals surface area contributed by atoms with Gasteiger partial charge in [-0.05, 0) is 33.0 Å². The molecule has 0 amide bonds. The van der Waals surface area contributed by atoms with Crippen LogP contribution < -0.4 is 10.6 Å². The molecule has 0 unspecified atom stereocenters. The van der Waals surface area contributed by atoms with Crippen molar-refractivity contribution in [3.63, 3.8) is 0 Å². The van der Waals surface area contributed by atoms with Crippen molar-refractivity contribution in [2.45, 2.75) is 25.9 Å². The van der Waals surface area contributed by atoms with Crippen LogP contribution in [0.2, 0.25) is 4.34 Å². The molecule has 80 valence electrons. The summed E-state index contributed by atoms with van der Waals surface area (Å²) in [6, 6.07) is 4.00. The van der Waals surface area contributed by atoms with E-state index in [0.29, 0.717) is 0 Å². The van der Waals surface area contributed by atoms with E-state index in [1.54, 1.807) is 11.3 Å². The van der Waals surface area contributed by atoms with E-state index < -0.39 is 0 Å². The van der Waals surface area contributed by atoms with Crippen LogP contribution in [0.3, 0.4) is 0 Å². The third-order valence-electron chi connectivity index (χ3n) is 1.99. The molecule has 0 aliphatic carbocycles. The number of hydrogen-bond acceptors (Lipinski definition) is 3. The normalized spacial score (nSPS) is 12.0. The van der Waals surface area contributed by atoms with Crippen LogP contribution in [0.4, 0.5) is 0 Å². The molecular formula is C10H17ClN2S. The molecule has 1 aromatic rings.